The first-order chi connectivity index (χ1) is 14.8. The lowest BCUT2D eigenvalue weighted by Crippen LogP contribution is -2.59. The molecule has 8 atom stereocenters. The van der Waals surface area contributed by atoms with Gasteiger partial charge in [-0.05, 0) is 67.0 Å². The van der Waals surface area contributed by atoms with Gasteiger partial charge in [0.05, 0.1) is 23.8 Å². The number of halogens is 1. The van der Waals surface area contributed by atoms with Gasteiger partial charge in [0.15, 0.2) is 11.9 Å². The number of aliphatic hydroxyl groups excluding tert-OH is 2. The van der Waals surface area contributed by atoms with E-state index in [1.54, 1.807) is 6.20 Å². The zero-order chi connectivity index (χ0) is 21.5. The fourth-order valence-electron chi connectivity index (χ4n) is 6.63. The second-order valence-corrected chi connectivity index (χ2v) is 10.1. The Morgan fingerprint density at radius 2 is 2.00 bits per heavy atom. The van der Waals surface area contributed by atoms with Crippen LogP contribution in [-0.2, 0) is 4.74 Å². The fourth-order valence-corrected chi connectivity index (χ4v) is 6.79. The summed E-state index contributed by atoms with van der Waals surface area (Å²) >= 11 is 6.27. The van der Waals surface area contributed by atoms with E-state index in [0.717, 1.165) is 32.1 Å². The Morgan fingerprint density at radius 1 is 1.26 bits per heavy atom. The zero-order valence-electron chi connectivity index (χ0n) is 17.0. The first-order valence-electron chi connectivity index (χ1n) is 10.9. The van der Waals surface area contributed by atoms with Crippen molar-refractivity contribution in [3.05, 3.63) is 23.6 Å². The summed E-state index contributed by atoms with van der Waals surface area (Å²) in [6, 6.07) is 0.223. The van der Waals surface area contributed by atoms with E-state index in [4.69, 9.17) is 16.3 Å². The van der Waals surface area contributed by atoms with Gasteiger partial charge >= 0.3 is 0 Å². The molecule has 4 bridgehead atoms. The van der Waals surface area contributed by atoms with Crippen molar-refractivity contribution in [1.29, 1.82) is 0 Å². The normalized spacial score (nSPS) is 41.4. The Kier molecular flexibility index (Phi) is 4.40. The number of aliphatic hydroxyl groups is 3. The third kappa shape index (κ3) is 3.01. The van der Waals surface area contributed by atoms with Crippen LogP contribution in [0.15, 0.2) is 18.3 Å². The minimum Gasteiger partial charge on any atom is -0.393 e. The number of aromatic nitrogens is 4. The Balaban J connectivity index is 1.34. The van der Waals surface area contributed by atoms with Gasteiger partial charge in [-0.1, -0.05) is 6.58 Å². The predicted molar refractivity (Wildman–Crippen MR) is 112 cm³/mol. The third-order valence-electron chi connectivity index (χ3n) is 7.74. The quantitative estimate of drug-likeness (QED) is 0.411. The van der Waals surface area contributed by atoms with Crippen molar-refractivity contribution in [3.8, 4) is 0 Å². The summed E-state index contributed by atoms with van der Waals surface area (Å²) < 4.78 is 7.23. The number of anilines is 1. The van der Waals surface area contributed by atoms with Crippen LogP contribution in [0.3, 0.4) is 0 Å². The molecular weight excluding hydrogens is 422 g/mol. The molecule has 4 unspecified atom stereocenters. The van der Waals surface area contributed by atoms with E-state index in [2.05, 4.69) is 27.0 Å². The van der Waals surface area contributed by atoms with Gasteiger partial charge in [-0.3, -0.25) is 0 Å². The summed E-state index contributed by atoms with van der Waals surface area (Å²) in [5.74, 6) is 2.04. The number of nitrogens with zero attached hydrogens (tertiary/aromatic N) is 4. The van der Waals surface area contributed by atoms with E-state index in [1.807, 2.05) is 0 Å². The number of nitrogens with one attached hydrogen (secondary N) is 1. The van der Waals surface area contributed by atoms with Crippen molar-refractivity contribution in [2.75, 3.05) is 11.9 Å². The maximum absolute atomic E-state index is 10.9. The molecule has 2 aromatic rings. The van der Waals surface area contributed by atoms with Crippen LogP contribution >= 0.6 is 11.6 Å². The van der Waals surface area contributed by atoms with Crippen molar-refractivity contribution < 1.29 is 20.1 Å². The molecule has 3 heterocycles. The standard InChI is InChI=1S/C21H26ClN5O4/c1-9-14(8-28)31-19(16(9)29)27-18-13(7-23-27)17(25-20(22)26-18)24-15-11-2-10-3-12(15)6-21(30,4-10)5-11/h7,10-12,14-16,19,28-30H,1-6,8H2,(H,24,25,26)/t10?,11-,12?,14-,15?,16-,19-,21?/m1/s1. The van der Waals surface area contributed by atoms with E-state index in [9.17, 15) is 15.3 Å². The molecule has 9 nitrogen and oxygen atoms in total. The molecule has 4 N–H and O–H groups in total. The third-order valence-corrected chi connectivity index (χ3v) is 7.91. The Bertz CT molecular complexity index is 1040. The average Bonchev–Trinajstić information content (AvgIpc) is 3.24. The number of hydrogen-bond acceptors (Lipinski definition) is 8. The molecule has 0 spiro atoms. The molecule has 4 aliphatic carbocycles. The number of rotatable bonds is 4. The predicted octanol–water partition coefficient (Wildman–Crippen LogP) is 1.64. The van der Waals surface area contributed by atoms with E-state index in [-0.39, 0.29) is 17.9 Å². The van der Waals surface area contributed by atoms with E-state index in [0.29, 0.717) is 40.2 Å². The molecular formula is C21H26ClN5O4. The van der Waals surface area contributed by atoms with Gasteiger partial charge in [0.2, 0.25) is 5.28 Å². The smallest absolute Gasteiger partial charge is 0.226 e. The first-order valence-corrected chi connectivity index (χ1v) is 11.3. The molecule has 166 valence electrons. The highest BCUT2D eigenvalue weighted by molar-refractivity contribution is 6.28. The van der Waals surface area contributed by atoms with Crippen LogP contribution < -0.4 is 5.32 Å². The van der Waals surface area contributed by atoms with Crippen molar-refractivity contribution in [1.82, 2.24) is 19.7 Å². The Hall–Kier alpha value is -1.78. The van der Waals surface area contributed by atoms with Gasteiger partial charge in [-0.15, -0.1) is 0 Å². The fraction of sp³-hybridized carbons (Fsp3) is 0.667. The molecule has 5 aliphatic rings. The molecule has 0 aromatic carbocycles. The van der Waals surface area contributed by atoms with Crippen molar-refractivity contribution in [3.63, 3.8) is 0 Å². The molecule has 2 aromatic heterocycles. The van der Waals surface area contributed by atoms with Crippen LogP contribution in [0, 0.1) is 17.8 Å². The first kappa shape index (κ1) is 19.9. The highest BCUT2D eigenvalue weighted by Crippen LogP contribution is 2.56. The van der Waals surface area contributed by atoms with Crippen molar-refractivity contribution in [2.24, 2.45) is 17.8 Å². The van der Waals surface area contributed by atoms with Gasteiger partial charge in [0.1, 0.15) is 18.0 Å². The second-order valence-electron chi connectivity index (χ2n) is 9.75. The maximum Gasteiger partial charge on any atom is 0.226 e. The summed E-state index contributed by atoms with van der Waals surface area (Å²) in [7, 11) is 0. The minimum absolute atomic E-state index is 0.0733. The monoisotopic (exact) mass is 447 g/mol. The Morgan fingerprint density at radius 3 is 2.65 bits per heavy atom. The van der Waals surface area contributed by atoms with Crippen LogP contribution in [0.2, 0.25) is 5.28 Å². The topological polar surface area (TPSA) is 126 Å². The van der Waals surface area contributed by atoms with Crippen LogP contribution in [0.25, 0.3) is 11.0 Å². The Labute approximate surface area is 184 Å². The van der Waals surface area contributed by atoms with Gasteiger partial charge in [-0.2, -0.15) is 15.1 Å². The minimum atomic E-state index is -1.02. The van der Waals surface area contributed by atoms with Crippen molar-refractivity contribution in [2.45, 2.75) is 62.2 Å². The molecule has 1 aliphatic heterocycles. The van der Waals surface area contributed by atoms with E-state index in [1.165, 1.54) is 4.68 Å². The van der Waals surface area contributed by atoms with E-state index < -0.39 is 24.0 Å². The highest BCUT2D eigenvalue weighted by Gasteiger charge is 2.55. The molecule has 5 fully saturated rings. The summed E-state index contributed by atoms with van der Waals surface area (Å²) in [6.07, 6.45) is 3.96. The zero-order valence-corrected chi connectivity index (χ0v) is 17.7. The van der Waals surface area contributed by atoms with Crippen LogP contribution in [0.4, 0.5) is 5.82 Å². The van der Waals surface area contributed by atoms with E-state index >= 15 is 0 Å². The second kappa shape index (κ2) is 6.86. The number of ether oxygens (including phenoxy) is 1. The molecule has 10 heteroatoms. The van der Waals surface area contributed by atoms with Crippen molar-refractivity contribution >= 4 is 28.5 Å². The SMILES string of the molecule is C=C1[C@@H](O)[C@H](n2ncc3c(NC4C5CC6C[C@@H]4CC(O)(C6)C5)nc(Cl)nc32)O[C@@H]1CO. The lowest BCUT2D eigenvalue weighted by molar-refractivity contribution is -0.129. The molecule has 4 saturated carbocycles. The highest BCUT2D eigenvalue weighted by atomic mass is 35.5. The van der Waals surface area contributed by atoms with Gasteiger partial charge in [0.25, 0.3) is 0 Å². The summed E-state index contributed by atoms with van der Waals surface area (Å²) in [5.41, 5.74) is 0.348. The van der Waals surface area contributed by atoms with Gasteiger partial charge in [-0.25, -0.2) is 4.68 Å². The van der Waals surface area contributed by atoms with Gasteiger partial charge in [0, 0.05) is 6.04 Å². The molecule has 0 amide bonds. The lowest BCUT2D eigenvalue weighted by atomic mass is 9.52. The maximum atomic E-state index is 10.9. The summed E-state index contributed by atoms with van der Waals surface area (Å²) in [5, 5.41) is 39.6. The molecule has 7 rings (SSSR count). The average molecular weight is 448 g/mol. The van der Waals surface area contributed by atoms with Crippen LogP contribution in [-0.4, -0.2) is 65.5 Å². The summed E-state index contributed by atoms with van der Waals surface area (Å²) in [4.78, 5) is 8.78. The number of fused-ring (bicyclic) bond motifs is 1. The molecule has 31 heavy (non-hydrogen) atoms. The molecule has 0 radical (unpaired) electrons. The lowest BCUT2D eigenvalue weighted by Gasteiger charge is -2.58. The van der Waals surface area contributed by atoms with Crippen LogP contribution in [0.1, 0.15) is 38.3 Å². The molecule has 1 saturated heterocycles. The summed E-state index contributed by atoms with van der Waals surface area (Å²) in [6.45, 7) is 3.55. The van der Waals surface area contributed by atoms with Crippen LogP contribution in [0.5, 0.6) is 0 Å². The largest absolute Gasteiger partial charge is 0.393 e. The number of hydrogen-bond donors (Lipinski definition) is 4. The van der Waals surface area contributed by atoms with Gasteiger partial charge < -0.3 is 25.4 Å².